The van der Waals surface area contributed by atoms with E-state index in [2.05, 4.69) is 4.74 Å². The Hall–Kier alpha value is -3.03. The number of halogens is 7. The average Bonchev–Trinajstić information content (AvgIpc) is 2.64. The zero-order valence-electron chi connectivity index (χ0n) is 15.6. The highest BCUT2D eigenvalue weighted by atomic mass is 19.2. The highest BCUT2D eigenvalue weighted by Crippen LogP contribution is 2.36. The molecular weight excluding hydrogens is 413 g/mol. The van der Waals surface area contributed by atoms with E-state index in [-0.39, 0.29) is 0 Å². The number of aryl methyl sites for hydroxylation is 1. The van der Waals surface area contributed by atoms with Crippen LogP contribution in [0, 0.1) is 34.9 Å². The van der Waals surface area contributed by atoms with E-state index in [9.17, 15) is 30.7 Å². The maximum atomic E-state index is 14.6. The normalized spacial score (nSPS) is 11.1. The Labute approximate surface area is 167 Å². The van der Waals surface area contributed by atoms with Gasteiger partial charge in [0.1, 0.15) is 23.3 Å². The largest absolute Gasteiger partial charge is 0.457 e. The molecule has 30 heavy (non-hydrogen) atoms. The minimum absolute atomic E-state index is 0.398. The number of hydrogen-bond acceptors (Lipinski definition) is 1. The van der Waals surface area contributed by atoms with Gasteiger partial charge in [0, 0.05) is 0 Å². The first kappa shape index (κ1) is 21.7. The van der Waals surface area contributed by atoms with Gasteiger partial charge in [0.2, 0.25) is 6.86 Å². The molecule has 0 amide bonds. The molecule has 0 bridgehead atoms. The zero-order chi connectivity index (χ0) is 22.0. The van der Waals surface area contributed by atoms with Crippen molar-refractivity contribution in [1.82, 2.24) is 0 Å². The number of ether oxygens (including phenoxy) is 1. The quantitative estimate of drug-likeness (QED) is 0.380. The summed E-state index contributed by atoms with van der Waals surface area (Å²) in [5.41, 5.74) is -1.98. The van der Waals surface area contributed by atoms with Crippen LogP contribution in [0.25, 0.3) is 22.3 Å². The maximum absolute atomic E-state index is 14.6. The summed E-state index contributed by atoms with van der Waals surface area (Å²) < 4.78 is 102. The molecule has 0 fully saturated rings. The molecule has 0 aliphatic rings. The summed E-state index contributed by atoms with van der Waals surface area (Å²) >= 11 is 0. The van der Waals surface area contributed by atoms with E-state index in [0.29, 0.717) is 42.7 Å². The third kappa shape index (κ3) is 4.13. The van der Waals surface area contributed by atoms with Crippen LogP contribution in [0.15, 0.2) is 36.4 Å². The van der Waals surface area contributed by atoms with Gasteiger partial charge in [0.05, 0.1) is 11.1 Å². The van der Waals surface area contributed by atoms with Gasteiger partial charge in [-0.1, -0.05) is 13.3 Å². The van der Waals surface area contributed by atoms with Crippen molar-refractivity contribution in [1.29, 1.82) is 0 Å². The highest BCUT2D eigenvalue weighted by Gasteiger charge is 2.21. The van der Waals surface area contributed by atoms with Crippen LogP contribution in [0.4, 0.5) is 30.7 Å². The Kier molecular flexibility index (Phi) is 6.34. The molecule has 3 rings (SSSR count). The SMILES string of the molecule is CCCc1cc(F)c(-c2cc(F)c(-c3cc(F)c(OCF)c(F)c3)c(F)c2)c(F)c1. The summed E-state index contributed by atoms with van der Waals surface area (Å²) in [6, 6.07) is 4.63. The molecule has 8 heteroatoms. The summed E-state index contributed by atoms with van der Waals surface area (Å²) in [5.74, 6) is -8.33. The second-order valence-corrected chi connectivity index (χ2v) is 6.52. The molecule has 0 aliphatic heterocycles. The highest BCUT2D eigenvalue weighted by molar-refractivity contribution is 5.73. The van der Waals surface area contributed by atoms with Crippen molar-refractivity contribution in [3.8, 4) is 28.0 Å². The van der Waals surface area contributed by atoms with Crippen LogP contribution in [-0.2, 0) is 6.42 Å². The van der Waals surface area contributed by atoms with Crippen LogP contribution in [0.1, 0.15) is 18.9 Å². The fourth-order valence-corrected chi connectivity index (χ4v) is 3.22. The van der Waals surface area contributed by atoms with E-state index >= 15 is 0 Å². The molecule has 0 radical (unpaired) electrons. The second kappa shape index (κ2) is 8.77. The molecule has 0 spiro atoms. The molecule has 0 N–H and O–H groups in total. The first-order valence-electron chi connectivity index (χ1n) is 8.92. The Bertz CT molecular complexity index is 1030. The third-order valence-electron chi connectivity index (χ3n) is 4.46. The van der Waals surface area contributed by atoms with Crippen molar-refractivity contribution in [2.45, 2.75) is 19.8 Å². The van der Waals surface area contributed by atoms with Crippen LogP contribution >= 0.6 is 0 Å². The summed E-state index contributed by atoms with van der Waals surface area (Å²) in [7, 11) is 0. The minimum Gasteiger partial charge on any atom is -0.457 e. The van der Waals surface area contributed by atoms with E-state index in [1.54, 1.807) is 0 Å². The average molecular weight is 428 g/mol. The van der Waals surface area contributed by atoms with Gasteiger partial charge in [-0.05, 0) is 59.5 Å². The Morgan fingerprint density at radius 2 is 1.03 bits per heavy atom. The van der Waals surface area contributed by atoms with E-state index in [1.807, 2.05) is 6.92 Å². The summed E-state index contributed by atoms with van der Waals surface area (Å²) in [6.07, 6.45) is 1.08. The minimum atomic E-state index is -1.50. The molecule has 0 aromatic heterocycles. The molecule has 0 aliphatic carbocycles. The molecule has 1 nitrogen and oxygen atoms in total. The van der Waals surface area contributed by atoms with E-state index in [1.165, 1.54) is 0 Å². The van der Waals surface area contributed by atoms with Gasteiger partial charge in [0.15, 0.2) is 17.4 Å². The van der Waals surface area contributed by atoms with Crippen LogP contribution in [0.2, 0.25) is 0 Å². The fourth-order valence-electron chi connectivity index (χ4n) is 3.22. The van der Waals surface area contributed by atoms with Gasteiger partial charge in [-0.2, -0.15) is 0 Å². The molecule has 3 aromatic carbocycles. The maximum Gasteiger partial charge on any atom is 0.228 e. The standard InChI is InChI=1S/C22H15F7O/c1-2-3-11-4-14(24)20(15(25)5-11)12-6-16(26)21(17(27)7-12)13-8-18(28)22(30-10-23)19(29)9-13/h4-9H,2-3,10H2,1H3. The van der Waals surface area contributed by atoms with Crippen molar-refractivity contribution >= 4 is 0 Å². The van der Waals surface area contributed by atoms with Crippen molar-refractivity contribution in [2.75, 3.05) is 6.86 Å². The number of benzene rings is 3. The summed E-state index contributed by atoms with van der Waals surface area (Å²) in [5, 5.41) is 0. The van der Waals surface area contributed by atoms with Gasteiger partial charge in [-0.25, -0.2) is 30.7 Å². The third-order valence-corrected chi connectivity index (χ3v) is 4.46. The number of hydrogen-bond donors (Lipinski definition) is 0. The van der Waals surface area contributed by atoms with E-state index < -0.39 is 69.8 Å². The molecule has 0 saturated heterocycles. The van der Waals surface area contributed by atoms with Gasteiger partial charge in [-0.3, -0.25) is 0 Å². The van der Waals surface area contributed by atoms with Crippen LogP contribution in [-0.4, -0.2) is 6.86 Å². The zero-order valence-corrected chi connectivity index (χ0v) is 15.6. The first-order valence-corrected chi connectivity index (χ1v) is 8.92. The van der Waals surface area contributed by atoms with Gasteiger partial charge < -0.3 is 4.74 Å². The lowest BCUT2D eigenvalue weighted by atomic mass is 9.96. The lowest BCUT2D eigenvalue weighted by Gasteiger charge is -2.13. The van der Waals surface area contributed by atoms with Crippen LogP contribution in [0.3, 0.4) is 0 Å². The van der Waals surface area contributed by atoms with E-state index in [0.717, 1.165) is 12.1 Å². The number of alkyl halides is 1. The van der Waals surface area contributed by atoms with Crippen LogP contribution in [0.5, 0.6) is 5.75 Å². The monoisotopic (exact) mass is 428 g/mol. The first-order chi connectivity index (χ1) is 14.3. The lowest BCUT2D eigenvalue weighted by Crippen LogP contribution is -2.00. The Morgan fingerprint density at radius 1 is 0.633 bits per heavy atom. The predicted octanol–water partition coefficient (Wildman–Crippen LogP) is 7.11. The van der Waals surface area contributed by atoms with Crippen molar-refractivity contribution in [3.05, 3.63) is 76.9 Å². The number of rotatable bonds is 6. The van der Waals surface area contributed by atoms with Gasteiger partial charge in [0.25, 0.3) is 0 Å². The summed E-state index contributed by atoms with van der Waals surface area (Å²) in [6.45, 7) is 0.327. The molecule has 3 aromatic rings. The Balaban J connectivity index is 2.10. The van der Waals surface area contributed by atoms with Gasteiger partial charge >= 0.3 is 0 Å². The molecule has 158 valence electrons. The van der Waals surface area contributed by atoms with Crippen LogP contribution < -0.4 is 4.74 Å². The summed E-state index contributed by atoms with van der Waals surface area (Å²) in [4.78, 5) is 0. The predicted molar refractivity (Wildman–Crippen MR) is 97.7 cm³/mol. The smallest absolute Gasteiger partial charge is 0.228 e. The fraction of sp³-hybridized carbons (Fsp3) is 0.182. The van der Waals surface area contributed by atoms with Crippen molar-refractivity contribution in [3.63, 3.8) is 0 Å². The second-order valence-electron chi connectivity index (χ2n) is 6.52. The molecular formula is C22H15F7O. The van der Waals surface area contributed by atoms with E-state index in [4.69, 9.17) is 0 Å². The topological polar surface area (TPSA) is 9.23 Å². The van der Waals surface area contributed by atoms with Crippen molar-refractivity contribution in [2.24, 2.45) is 0 Å². The molecule has 0 saturated carbocycles. The Morgan fingerprint density at radius 3 is 1.43 bits per heavy atom. The molecule has 0 unspecified atom stereocenters. The molecule has 0 atom stereocenters. The molecule has 0 heterocycles. The lowest BCUT2D eigenvalue weighted by molar-refractivity contribution is 0.176. The van der Waals surface area contributed by atoms with Crippen molar-refractivity contribution < 1.29 is 35.5 Å². The van der Waals surface area contributed by atoms with Gasteiger partial charge in [-0.15, -0.1) is 0 Å².